The molecule has 0 saturated heterocycles. The summed E-state index contributed by atoms with van der Waals surface area (Å²) in [4.78, 5) is 12.0. The van der Waals surface area contributed by atoms with E-state index in [2.05, 4.69) is 19.7 Å². The molecule has 2 nitrogen and oxygen atoms in total. The third-order valence-electron chi connectivity index (χ3n) is 2.63. The summed E-state index contributed by atoms with van der Waals surface area (Å²) >= 11 is 0. The highest BCUT2D eigenvalue weighted by Crippen LogP contribution is 2.29. The molecule has 17 heavy (non-hydrogen) atoms. The summed E-state index contributed by atoms with van der Waals surface area (Å²) in [5, 5.41) is 10.3. The van der Waals surface area contributed by atoms with Crippen LogP contribution in [0, 0.1) is 0 Å². The lowest BCUT2D eigenvalue weighted by Crippen LogP contribution is -2.29. The van der Waals surface area contributed by atoms with Crippen molar-refractivity contribution >= 4 is 5.78 Å². The number of Topliss-reactive ketones (excluding diaryl/α,β-unsaturated/α-hetero) is 1. The number of carbonyl (C=O) groups is 1. The maximum atomic E-state index is 12.0. The van der Waals surface area contributed by atoms with Gasteiger partial charge in [0, 0.05) is 17.6 Å². The molecule has 0 radical (unpaired) electrons. The van der Waals surface area contributed by atoms with E-state index in [1.54, 1.807) is 30.4 Å². The predicted octanol–water partition coefficient (Wildman–Crippen LogP) is 2.88. The Balaban J connectivity index is 3.13. The number of hydrogen-bond donors (Lipinski definition) is 1. The lowest BCUT2D eigenvalue weighted by atomic mass is 9.83. The van der Waals surface area contributed by atoms with Gasteiger partial charge in [-0.2, -0.15) is 0 Å². The van der Waals surface area contributed by atoms with Gasteiger partial charge in [-0.1, -0.05) is 18.2 Å². The molecule has 0 aromatic carbocycles. The van der Waals surface area contributed by atoms with Crippen molar-refractivity contribution in [3.63, 3.8) is 0 Å². The van der Waals surface area contributed by atoms with Gasteiger partial charge in [-0.15, -0.1) is 19.7 Å². The monoisotopic (exact) mass is 230 g/mol. The van der Waals surface area contributed by atoms with Crippen LogP contribution in [0.2, 0.25) is 0 Å². The number of aliphatic hydroxyl groups is 1. The Morgan fingerprint density at radius 2 is 1.53 bits per heavy atom. The van der Waals surface area contributed by atoms with Gasteiger partial charge in [-0.3, -0.25) is 4.79 Å². The Bertz CT molecular complexity index is 381. The van der Waals surface area contributed by atoms with Crippen LogP contribution < -0.4 is 0 Å². The van der Waals surface area contributed by atoms with Crippen LogP contribution in [-0.2, 0) is 4.79 Å². The average Bonchev–Trinajstić information content (AvgIpc) is 2.26. The first kappa shape index (κ1) is 13.4. The van der Waals surface area contributed by atoms with Gasteiger partial charge in [-0.25, -0.2) is 0 Å². The van der Waals surface area contributed by atoms with E-state index in [0.717, 1.165) is 0 Å². The quantitative estimate of drug-likeness (QED) is 0.712. The third-order valence-corrected chi connectivity index (χ3v) is 2.63. The summed E-state index contributed by atoms with van der Waals surface area (Å²) in [5.41, 5.74) is 0.0687. The molecule has 0 aliphatic heterocycles. The van der Waals surface area contributed by atoms with Crippen LogP contribution in [0.4, 0.5) is 0 Å². The molecule has 0 atom stereocenters. The molecule has 90 valence electrons. The fourth-order valence-corrected chi connectivity index (χ4v) is 1.95. The largest absolute Gasteiger partial charge is 0.381 e. The second kappa shape index (κ2) is 5.60. The van der Waals surface area contributed by atoms with Crippen LogP contribution >= 0.6 is 0 Å². The molecule has 0 heterocycles. The zero-order valence-electron chi connectivity index (χ0n) is 9.98. The Labute approximate surface area is 102 Å². The van der Waals surface area contributed by atoms with Crippen molar-refractivity contribution in [2.75, 3.05) is 0 Å². The van der Waals surface area contributed by atoms with E-state index < -0.39 is 5.60 Å². The third kappa shape index (κ3) is 3.14. The Morgan fingerprint density at radius 3 is 1.88 bits per heavy atom. The summed E-state index contributed by atoms with van der Waals surface area (Å²) < 4.78 is 0. The molecule has 0 saturated carbocycles. The lowest BCUT2D eigenvalue weighted by molar-refractivity contribution is -0.112. The molecule has 0 unspecified atom stereocenters. The zero-order chi connectivity index (χ0) is 12.9. The second-order valence-corrected chi connectivity index (χ2v) is 4.14. The maximum absolute atomic E-state index is 12.0. The number of ketones is 1. The number of hydrogen-bond acceptors (Lipinski definition) is 2. The van der Waals surface area contributed by atoms with Crippen LogP contribution in [-0.4, -0.2) is 16.5 Å². The summed E-state index contributed by atoms with van der Waals surface area (Å²) in [6.45, 7) is 10.9. The summed E-state index contributed by atoms with van der Waals surface area (Å²) in [5.74, 6) is -0.0291. The molecule has 0 aromatic heterocycles. The van der Waals surface area contributed by atoms with Gasteiger partial charge in [-0.05, 0) is 25.0 Å². The molecule has 1 aliphatic rings. The van der Waals surface area contributed by atoms with Crippen molar-refractivity contribution in [2.24, 2.45) is 0 Å². The molecular weight excluding hydrogens is 212 g/mol. The Hall–Kier alpha value is -1.67. The van der Waals surface area contributed by atoms with Crippen molar-refractivity contribution in [1.82, 2.24) is 0 Å². The first-order chi connectivity index (χ1) is 8.06. The molecule has 1 rings (SSSR count). The standard InChI is InChI=1S/C15H18O2/c1-4-7-12-10-15(17,9-6-3)11-13(8-5-2)14(12)16/h4-6,10-11,17H,1-3,7-9H2. The molecule has 1 N–H and O–H groups in total. The fraction of sp³-hybridized carbons (Fsp3) is 0.267. The normalized spacial score (nSPS) is 18.1. The van der Waals surface area contributed by atoms with Crippen molar-refractivity contribution in [2.45, 2.75) is 24.9 Å². The van der Waals surface area contributed by atoms with E-state index in [1.165, 1.54) is 0 Å². The molecule has 0 aromatic rings. The first-order valence-corrected chi connectivity index (χ1v) is 5.59. The first-order valence-electron chi connectivity index (χ1n) is 5.59. The minimum absolute atomic E-state index is 0.0291. The zero-order valence-corrected chi connectivity index (χ0v) is 9.98. The minimum Gasteiger partial charge on any atom is -0.381 e. The highest BCUT2D eigenvalue weighted by atomic mass is 16.3. The smallest absolute Gasteiger partial charge is 0.185 e. The predicted molar refractivity (Wildman–Crippen MR) is 70.6 cm³/mol. The van der Waals surface area contributed by atoms with Gasteiger partial charge in [0.1, 0.15) is 5.60 Å². The van der Waals surface area contributed by atoms with E-state index in [4.69, 9.17) is 0 Å². The summed E-state index contributed by atoms with van der Waals surface area (Å²) in [6, 6.07) is 0. The van der Waals surface area contributed by atoms with E-state index in [0.29, 0.717) is 30.4 Å². The highest BCUT2D eigenvalue weighted by molar-refractivity contribution is 6.09. The van der Waals surface area contributed by atoms with Crippen LogP contribution in [0.3, 0.4) is 0 Å². The highest BCUT2D eigenvalue weighted by Gasteiger charge is 2.29. The lowest BCUT2D eigenvalue weighted by Gasteiger charge is -2.26. The SMILES string of the molecule is C=CCC1=CC(O)(CC=C)C=C(CC=C)C1=O. The fourth-order valence-electron chi connectivity index (χ4n) is 1.95. The van der Waals surface area contributed by atoms with Crippen LogP contribution in [0.25, 0.3) is 0 Å². The number of carbonyl (C=O) groups excluding carboxylic acids is 1. The molecule has 0 amide bonds. The molecule has 0 fully saturated rings. The topological polar surface area (TPSA) is 37.3 Å². The molecule has 2 heteroatoms. The van der Waals surface area contributed by atoms with Crippen molar-refractivity contribution in [3.05, 3.63) is 61.3 Å². The number of allylic oxidation sites excluding steroid dienone is 4. The molecular formula is C15H18O2. The second-order valence-electron chi connectivity index (χ2n) is 4.14. The van der Waals surface area contributed by atoms with Crippen LogP contribution in [0.15, 0.2) is 61.3 Å². The van der Waals surface area contributed by atoms with Gasteiger partial charge < -0.3 is 5.11 Å². The average molecular weight is 230 g/mol. The van der Waals surface area contributed by atoms with E-state index in [1.807, 2.05) is 0 Å². The van der Waals surface area contributed by atoms with E-state index in [9.17, 15) is 9.90 Å². The van der Waals surface area contributed by atoms with Crippen LogP contribution in [0.1, 0.15) is 19.3 Å². The van der Waals surface area contributed by atoms with Gasteiger partial charge in [0.05, 0.1) is 0 Å². The molecule has 1 aliphatic carbocycles. The maximum Gasteiger partial charge on any atom is 0.185 e. The number of rotatable bonds is 6. The molecule has 0 spiro atoms. The van der Waals surface area contributed by atoms with E-state index in [-0.39, 0.29) is 5.78 Å². The van der Waals surface area contributed by atoms with E-state index >= 15 is 0 Å². The van der Waals surface area contributed by atoms with Gasteiger partial charge in [0.25, 0.3) is 0 Å². The van der Waals surface area contributed by atoms with Crippen LogP contribution in [0.5, 0.6) is 0 Å². The summed E-state index contributed by atoms with van der Waals surface area (Å²) in [7, 11) is 0. The van der Waals surface area contributed by atoms with Crippen molar-refractivity contribution in [3.8, 4) is 0 Å². The Morgan fingerprint density at radius 1 is 1.06 bits per heavy atom. The molecule has 0 bridgehead atoms. The minimum atomic E-state index is -1.10. The van der Waals surface area contributed by atoms with Crippen molar-refractivity contribution < 1.29 is 9.90 Å². The van der Waals surface area contributed by atoms with Gasteiger partial charge in [0.15, 0.2) is 5.78 Å². The van der Waals surface area contributed by atoms with Gasteiger partial charge in [0.2, 0.25) is 0 Å². The van der Waals surface area contributed by atoms with Gasteiger partial charge >= 0.3 is 0 Å². The van der Waals surface area contributed by atoms with Crippen molar-refractivity contribution in [1.29, 1.82) is 0 Å². The summed E-state index contributed by atoms with van der Waals surface area (Å²) in [6.07, 6.45) is 9.49. The Kier molecular flexibility index (Phi) is 4.41.